The Morgan fingerprint density at radius 3 is 2.50 bits per heavy atom. The average Bonchev–Trinajstić information content (AvgIpc) is 2.67. The highest BCUT2D eigenvalue weighted by molar-refractivity contribution is 5.31. The highest BCUT2D eigenvalue weighted by Crippen LogP contribution is 2.45. The van der Waals surface area contributed by atoms with Crippen LogP contribution in [0.5, 0.6) is 0 Å². The van der Waals surface area contributed by atoms with Crippen molar-refractivity contribution in [3.05, 3.63) is 35.1 Å². The molecule has 1 aromatic carbocycles. The second-order valence-corrected chi connectivity index (χ2v) is 3.55. The quantitative estimate of drug-likeness (QED) is 0.677. The average molecular weight is 166 g/mol. The molecule has 1 fully saturated rings. The van der Waals surface area contributed by atoms with Gasteiger partial charge in [-0.15, -0.1) is 0 Å². The van der Waals surface area contributed by atoms with Crippen molar-refractivity contribution in [2.45, 2.75) is 25.4 Å². The Balaban J connectivity index is 2.44. The maximum absolute atomic E-state index is 12.9. The minimum absolute atomic E-state index is 0.259. The highest BCUT2D eigenvalue weighted by atomic mass is 19.1. The Morgan fingerprint density at radius 2 is 2.00 bits per heavy atom. The molecular formula is C10H11FO. The van der Waals surface area contributed by atoms with E-state index < -0.39 is 5.60 Å². The fraction of sp³-hybridized carbons (Fsp3) is 0.400. The van der Waals surface area contributed by atoms with E-state index in [9.17, 15) is 9.50 Å². The molecule has 0 spiro atoms. The molecule has 12 heavy (non-hydrogen) atoms. The van der Waals surface area contributed by atoms with Crippen LogP contribution in [0.2, 0.25) is 0 Å². The number of halogens is 1. The van der Waals surface area contributed by atoms with Crippen molar-refractivity contribution in [2.75, 3.05) is 0 Å². The largest absolute Gasteiger partial charge is 0.385 e. The molecule has 0 unspecified atom stereocenters. The van der Waals surface area contributed by atoms with Gasteiger partial charge in [-0.2, -0.15) is 0 Å². The molecule has 1 N–H and O–H groups in total. The summed E-state index contributed by atoms with van der Waals surface area (Å²) in [5.41, 5.74) is 0.873. The maximum atomic E-state index is 12.9. The predicted octanol–water partition coefficient (Wildman–Crippen LogP) is 2.12. The van der Waals surface area contributed by atoms with Gasteiger partial charge in [-0.05, 0) is 43.0 Å². The summed E-state index contributed by atoms with van der Waals surface area (Å²) in [6.45, 7) is 1.83. The normalized spacial score (nSPS) is 19.2. The van der Waals surface area contributed by atoms with Crippen molar-refractivity contribution < 1.29 is 9.50 Å². The number of aliphatic hydroxyl groups is 1. The fourth-order valence-corrected chi connectivity index (χ4v) is 1.41. The molecule has 1 nitrogen and oxygen atoms in total. The van der Waals surface area contributed by atoms with Gasteiger partial charge < -0.3 is 5.11 Å². The summed E-state index contributed by atoms with van der Waals surface area (Å²) in [5.74, 6) is -0.259. The second-order valence-electron chi connectivity index (χ2n) is 3.55. The lowest BCUT2D eigenvalue weighted by Crippen LogP contribution is -2.04. The molecule has 64 valence electrons. The van der Waals surface area contributed by atoms with E-state index in [1.807, 2.05) is 13.0 Å². The maximum Gasteiger partial charge on any atom is 0.123 e. The Labute approximate surface area is 70.8 Å². The zero-order chi connectivity index (χ0) is 8.77. The van der Waals surface area contributed by atoms with E-state index in [-0.39, 0.29) is 5.82 Å². The minimum Gasteiger partial charge on any atom is -0.385 e. The van der Waals surface area contributed by atoms with Gasteiger partial charge in [0.1, 0.15) is 5.82 Å². The van der Waals surface area contributed by atoms with Gasteiger partial charge in [-0.25, -0.2) is 4.39 Å². The number of hydrogen-bond acceptors (Lipinski definition) is 1. The van der Waals surface area contributed by atoms with Crippen LogP contribution in [0.4, 0.5) is 4.39 Å². The standard InChI is InChI=1S/C10H11FO/c1-7-4-8(6-9(11)5-7)10(12)2-3-10/h4-6,12H,2-3H2,1H3. The van der Waals surface area contributed by atoms with Gasteiger partial charge in [0.15, 0.2) is 0 Å². The number of rotatable bonds is 1. The lowest BCUT2D eigenvalue weighted by atomic mass is 10.1. The van der Waals surface area contributed by atoms with Gasteiger partial charge in [0, 0.05) is 0 Å². The van der Waals surface area contributed by atoms with Gasteiger partial charge in [0.25, 0.3) is 0 Å². The third-order valence-electron chi connectivity index (χ3n) is 2.30. The van der Waals surface area contributed by atoms with Gasteiger partial charge in [-0.1, -0.05) is 6.07 Å². The molecule has 2 heteroatoms. The fourth-order valence-electron chi connectivity index (χ4n) is 1.41. The molecule has 0 atom stereocenters. The van der Waals surface area contributed by atoms with Crippen molar-refractivity contribution in [1.82, 2.24) is 0 Å². The van der Waals surface area contributed by atoms with E-state index in [1.165, 1.54) is 12.1 Å². The molecule has 1 saturated carbocycles. The third kappa shape index (κ3) is 1.23. The van der Waals surface area contributed by atoms with E-state index in [0.717, 1.165) is 24.0 Å². The summed E-state index contributed by atoms with van der Waals surface area (Å²) in [6.07, 6.45) is 1.52. The van der Waals surface area contributed by atoms with Crippen LogP contribution in [-0.4, -0.2) is 5.11 Å². The molecule has 1 aliphatic carbocycles. The summed E-state index contributed by atoms with van der Waals surface area (Å²) in [5, 5.41) is 9.68. The van der Waals surface area contributed by atoms with Gasteiger partial charge >= 0.3 is 0 Å². The zero-order valence-corrected chi connectivity index (χ0v) is 6.97. The molecule has 0 aromatic heterocycles. The van der Waals surface area contributed by atoms with Gasteiger partial charge in [0.2, 0.25) is 0 Å². The zero-order valence-electron chi connectivity index (χ0n) is 6.97. The topological polar surface area (TPSA) is 20.2 Å². The van der Waals surface area contributed by atoms with Crippen LogP contribution < -0.4 is 0 Å². The van der Waals surface area contributed by atoms with Crippen molar-refractivity contribution in [2.24, 2.45) is 0 Å². The van der Waals surface area contributed by atoms with Crippen LogP contribution in [0.3, 0.4) is 0 Å². The molecule has 1 aliphatic rings. The summed E-state index contributed by atoms with van der Waals surface area (Å²) >= 11 is 0. The van der Waals surface area contributed by atoms with Crippen molar-refractivity contribution >= 4 is 0 Å². The van der Waals surface area contributed by atoms with Crippen molar-refractivity contribution in [3.63, 3.8) is 0 Å². The van der Waals surface area contributed by atoms with Gasteiger partial charge in [0.05, 0.1) is 5.60 Å². The van der Waals surface area contributed by atoms with E-state index in [4.69, 9.17) is 0 Å². The molecule has 0 heterocycles. The minimum atomic E-state index is -0.715. The first-order valence-electron chi connectivity index (χ1n) is 4.10. The van der Waals surface area contributed by atoms with E-state index >= 15 is 0 Å². The Hall–Kier alpha value is -0.890. The van der Waals surface area contributed by atoms with Crippen LogP contribution in [0.15, 0.2) is 18.2 Å². The molecule has 0 amide bonds. The summed E-state index contributed by atoms with van der Waals surface area (Å²) in [7, 11) is 0. The van der Waals surface area contributed by atoms with Crippen LogP contribution in [0.25, 0.3) is 0 Å². The second kappa shape index (κ2) is 2.30. The lowest BCUT2D eigenvalue weighted by Gasteiger charge is -2.08. The SMILES string of the molecule is Cc1cc(F)cc(C2(O)CC2)c1. The number of hydrogen-bond donors (Lipinski definition) is 1. The first kappa shape index (κ1) is 7.74. The van der Waals surface area contributed by atoms with Crippen LogP contribution >= 0.6 is 0 Å². The Bertz CT molecular complexity index is 295. The Kier molecular flexibility index (Phi) is 1.48. The first-order chi connectivity index (χ1) is 5.60. The van der Waals surface area contributed by atoms with E-state index in [2.05, 4.69) is 0 Å². The first-order valence-corrected chi connectivity index (χ1v) is 4.10. The molecule has 0 bridgehead atoms. The van der Waals surface area contributed by atoms with Crippen molar-refractivity contribution in [3.8, 4) is 0 Å². The molecule has 0 aliphatic heterocycles. The van der Waals surface area contributed by atoms with Crippen LogP contribution in [0.1, 0.15) is 24.0 Å². The van der Waals surface area contributed by atoms with Crippen LogP contribution in [0, 0.1) is 12.7 Å². The summed E-state index contributed by atoms with van der Waals surface area (Å²) < 4.78 is 12.9. The summed E-state index contributed by atoms with van der Waals surface area (Å²) in [4.78, 5) is 0. The highest BCUT2D eigenvalue weighted by Gasteiger charge is 2.42. The summed E-state index contributed by atoms with van der Waals surface area (Å²) in [6, 6.07) is 4.73. The van der Waals surface area contributed by atoms with E-state index in [0.29, 0.717) is 0 Å². The number of aryl methyl sites for hydroxylation is 1. The van der Waals surface area contributed by atoms with Gasteiger partial charge in [-0.3, -0.25) is 0 Å². The van der Waals surface area contributed by atoms with Crippen LogP contribution in [-0.2, 0) is 5.60 Å². The molecule has 0 saturated heterocycles. The third-order valence-corrected chi connectivity index (χ3v) is 2.30. The molecule has 2 rings (SSSR count). The Morgan fingerprint density at radius 1 is 1.33 bits per heavy atom. The molecular weight excluding hydrogens is 155 g/mol. The molecule has 0 radical (unpaired) electrons. The monoisotopic (exact) mass is 166 g/mol. The van der Waals surface area contributed by atoms with E-state index in [1.54, 1.807) is 0 Å². The predicted molar refractivity (Wildman–Crippen MR) is 44.3 cm³/mol. The molecule has 1 aromatic rings. The van der Waals surface area contributed by atoms with Crippen molar-refractivity contribution in [1.29, 1.82) is 0 Å². The smallest absolute Gasteiger partial charge is 0.123 e. The lowest BCUT2D eigenvalue weighted by molar-refractivity contribution is 0.151. The number of benzene rings is 1.